The number of likely N-dealkylation sites (tertiary alicyclic amines) is 2. The largest absolute Gasteiger partial charge is 0.417 e. The summed E-state index contributed by atoms with van der Waals surface area (Å²) in [5.41, 5.74) is 1.70. The van der Waals surface area contributed by atoms with Crippen molar-refractivity contribution in [3.63, 3.8) is 0 Å². The first-order chi connectivity index (χ1) is 16.2. The molecule has 2 aliphatic rings. The van der Waals surface area contributed by atoms with Gasteiger partial charge in [-0.2, -0.15) is 13.2 Å². The van der Waals surface area contributed by atoms with Crippen molar-refractivity contribution in [3.8, 4) is 0 Å². The second-order valence-corrected chi connectivity index (χ2v) is 9.63. The molecule has 34 heavy (non-hydrogen) atoms. The highest BCUT2D eigenvalue weighted by Gasteiger charge is 2.33. The second-order valence-electron chi connectivity index (χ2n) is 9.23. The van der Waals surface area contributed by atoms with Crippen molar-refractivity contribution in [2.45, 2.75) is 64.1 Å². The number of aryl methyl sites for hydroxylation is 2. The Balaban J connectivity index is 1.38. The van der Waals surface area contributed by atoms with E-state index in [9.17, 15) is 18.0 Å². The fourth-order valence-electron chi connectivity index (χ4n) is 5.03. The summed E-state index contributed by atoms with van der Waals surface area (Å²) in [6.07, 6.45) is 3.68. The lowest BCUT2D eigenvalue weighted by Crippen LogP contribution is -2.48. The zero-order chi connectivity index (χ0) is 24.3. The van der Waals surface area contributed by atoms with Gasteiger partial charge in [0.2, 0.25) is 0 Å². The van der Waals surface area contributed by atoms with Gasteiger partial charge in [-0.3, -0.25) is 4.79 Å². The van der Waals surface area contributed by atoms with Crippen LogP contribution in [-0.2, 0) is 19.0 Å². The van der Waals surface area contributed by atoms with Crippen molar-refractivity contribution < 1.29 is 18.0 Å². The summed E-state index contributed by atoms with van der Waals surface area (Å²) in [7, 11) is 0. The van der Waals surface area contributed by atoms with Gasteiger partial charge in [0.1, 0.15) is 12.0 Å². The third kappa shape index (κ3) is 5.71. The quantitative estimate of drug-likeness (QED) is 0.563. The average Bonchev–Trinajstić information content (AvgIpc) is 2.83. The third-order valence-electron chi connectivity index (χ3n) is 7.04. The van der Waals surface area contributed by atoms with Crippen LogP contribution in [0, 0.1) is 6.92 Å². The van der Waals surface area contributed by atoms with E-state index in [1.807, 2.05) is 11.8 Å². The fraction of sp³-hybridized carbons (Fsp3) is 0.560. The van der Waals surface area contributed by atoms with E-state index >= 15 is 0 Å². The molecule has 4 rings (SSSR count). The summed E-state index contributed by atoms with van der Waals surface area (Å²) in [4.78, 5) is 26.3. The van der Waals surface area contributed by atoms with Gasteiger partial charge in [0, 0.05) is 30.4 Å². The van der Waals surface area contributed by atoms with Gasteiger partial charge in [-0.15, -0.1) is 0 Å². The summed E-state index contributed by atoms with van der Waals surface area (Å²) in [5.74, 6) is -0.0733. The van der Waals surface area contributed by atoms with E-state index in [0.717, 1.165) is 56.3 Å². The Kier molecular flexibility index (Phi) is 7.77. The number of aromatic nitrogens is 2. The molecule has 2 aliphatic heterocycles. The zero-order valence-corrected chi connectivity index (χ0v) is 20.1. The van der Waals surface area contributed by atoms with Crippen molar-refractivity contribution in [3.05, 3.63) is 57.6 Å². The molecule has 1 aromatic carbocycles. The maximum absolute atomic E-state index is 13.2. The Labute approximate surface area is 203 Å². The van der Waals surface area contributed by atoms with Gasteiger partial charge in [0.05, 0.1) is 10.6 Å². The Bertz CT molecular complexity index is 1020. The monoisotopic (exact) mass is 494 g/mol. The van der Waals surface area contributed by atoms with E-state index in [1.54, 1.807) is 0 Å². The van der Waals surface area contributed by atoms with Crippen LogP contribution in [0.25, 0.3) is 0 Å². The van der Waals surface area contributed by atoms with Crippen LogP contribution in [0.1, 0.15) is 65.0 Å². The molecule has 0 bridgehead atoms. The van der Waals surface area contributed by atoms with E-state index < -0.39 is 11.7 Å². The molecule has 1 amide bonds. The molecular formula is C25H30ClF3N4O. The lowest BCUT2D eigenvalue weighted by molar-refractivity contribution is -0.137. The van der Waals surface area contributed by atoms with Crippen LogP contribution in [-0.4, -0.2) is 57.9 Å². The molecule has 2 fully saturated rings. The van der Waals surface area contributed by atoms with E-state index in [1.165, 1.54) is 37.7 Å². The average molecular weight is 495 g/mol. The molecule has 3 heterocycles. The van der Waals surface area contributed by atoms with Gasteiger partial charge < -0.3 is 9.80 Å². The van der Waals surface area contributed by atoms with Gasteiger partial charge >= 0.3 is 6.18 Å². The third-order valence-corrected chi connectivity index (χ3v) is 7.35. The zero-order valence-electron chi connectivity index (χ0n) is 19.4. The number of benzene rings is 1. The van der Waals surface area contributed by atoms with Crippen molar-refractivity contribution in [2.75, 3.05) is 26.2 Å². The number of hydrogen-bond donors (Lipinski definition) is 0. The molecule has 0 saturated carbocycles. The molecule has 0 radical (unpaired) electrons. The minimum absolute atomic E-state index is 0.0733. The second kappa shape index (κ2) is 10.6. The Morgan fingerprint density at radius 3 is 2.41 bits per heavy atom. The molecule has 9 heteroatoms. The summed E-state index contributed by atoms with van der Waals surface area (Å²) >= 11 is 5.84. The molecule has 0 aliphatic carbocycles. The molecule has 1 aromatic heterocycles. The standard InChI is InChI=1S/C25H30ClF3N4O/c1-17-22(8-6-18-5-7-20(21(26)15-18)25(27,28)29)30-16-31-23(17)24(34)33-13-9-19(10-14-33)32-11-3-2-4-12-32/h5,7,15-16,19H,2-4,6,8-14H2,1H3. The number of hydrogen-bond acceptors (Lipinski definition) is 4. The predicted octanol–water partition coefficient (Wildman–Crippen LogP) is 5.33. The molecule has 184 valence electrons. The van der Waals surface area contributed by atoms with E-state index in [4.69, 9.17) is 11.6 Å². The van der Waals surface area contributed by atoms with Crippen LogP contribution in [0.15, 0.2) is 24.5 Å². The number of piperidine rings is 2. The minimum Gasteiger partial charge on any atom is -0.337 e. The number of rotatable bonds is 5. The van der Waals surface area contributed by atoms with Crippen LogP contribution < -0.4 is 0 Å². The van der Waals surface area contributed by atoms with Gasteiger partial charge in [-0.1, -0.05) is 24.1 Å². The number of nitrogens with zero attached hydrogens (tertiary/aromatic N) is 4. The predicted molar refractivity (Wildman–Crippen MR) is 125 cm³/mol. The van der Waals surface area contributed by atoms with Crippen LogP contribution in [0.5, 0.6) is 0 Å². The van der Waals surface area contributed by atoms with Gasteiger partial charge in [-0.25, -0.2) is 9.97 Å². The first-order valence-corrected chi connectivity index (χ1v) is 12.3. The summed E-state index contributed by atoms with van der Waals surface area (Å²) in [6, 6.07) is 4.35. The number of amides is 1. The van der Waals surface area contributed by atoms with E-state index in [2.05, 4.69) is 14.9 Å². The molecule has 0 atom stereocenters. The Morgan fingerprint density at radius 2 is 1.76 bits per heavy atom. The van der Waals surface area contributed by atoms with Gasteiger partial charge in [0.25, 0.3) is 5.91 Å². The molecule has 2 saturated heterocycles. The van der Waals surface area contributed by atoms with Crippen LogP contribution in [0.2, 0.25) is 5.02 Å². The summed E-state index contributed by atoms with van der Waals surface area (Å²) < 4.78 is 38.8. The number of carbonyl (C=O) groups is 1. The lowest BCUT2D eigenvalue weighted by atomic mass is 9.99. The van der Waals surface area contributed by atoms with Gasteiger partial charge in [0.15, 0.2) is 0 Å². The summed E-state index contributed by atoms with van der Waals surface area (Å²) in [5, 5.41) is -0.312. The Hall–Kier alpha value is -2.19. The molecule has 0 N–H and O–H groups in total. The highest BCUT2D eigenvalue weighted by atomic mass is 35.5. The van der Waals surface area contributed by atoms with Crippen molar-refractivity contribution >= 4 is 17.5 Å². The van der Waals surface area contributed by atoms with E-state index in [0.29, 0.717) is 30.1 Å². The maximum atomic E-state index is 13.2. The van der Waals surface area contributed by atoms with Crippen LogP contribution >= 0.6 is 11.6 Å². The normalized spacial score (nSPS) is 18.3. The lowest BCUT2D eigenvalue weighted by Gasteiger charge is -2.40. The summed E-state index contributed by atoms with van der Waals surface area (Å²) in [6.45, 7) is 5.61. The van der Waals surface area contributed by atoms with Crippen LogP contribution in [0.3, 0.4) is 0 Å². The first kappa shape index (κ1) is 24.9. The highest BCUT2D eigenvalue weighted by Crippen LogP contribution is 2.35. The number of halogens is 4. The molecule has 2 aromatic rings. The Morgan fingerprint density at radius 1 is 1.06 bits per heavy atom. The van der Waals surface area contributed by atoms with Crippen LogP contribution in [0.4, 0.5) is 13.2 Å². The number of carbonyl (C=O) groups excluding carboxylic acids is 1. The molecule has 0 spiro atoms. The smallest absolute Gasteiger partial charge is 0.337 e. The maximum Gasteiger partial charge on any atom is 0.417 e. The first-order valence-electron chi connectivity index (χ1n) is 11.9. The fourth-order valence-corrected chi connectivity index (χ4v) is 5.34. The SMILES string of the molecule is Cc1c(CCc2ccc(C(F)(F)F)c(Cl)c2)ncnc1C(=O)N1CCC(N2CCCCC2)CC1. The number of alkyl halides is 3. The van der Waals surface area contributed by atoms with Crippen molar-refractivity contribution in [1.29, 1.82) is 0 Å². The topological polar surface area (TPSA) is 49.3 Å². The molecule has 5 nitrogen and oxygen atoms in total. The molecular weight excluding hydrogens is 465 g/mol. The van der Waals surface area contributed by atoms with Crippen molar-refractivity contribution in [1.82, 2.24) is 19.8 Å². The minimum atomic E-state index is -4.48. The van der Waals surface area contributed by atoms with E-state index in [-0.39, 0.29) is 10.9 Å². The molecule has 0 unspecified atom stereocenters. The van der Waals surface area contributed by atoms with Crippen molar-refractivity contribution in [2.24, 2.45) is 0 Å². The van der Waals surface area contributed by atoms with Gasteiger partial charge in [-0.05, 0) is 76.2 Å². The highest BCUT2D eigenvalue weighted by molar-refractivity contribution is 6.31.